The number of nitrogens with zero attached hydrogens (tertiary/aromatic N) is 2. The molecule has 0 aliphatic heterocycles. The van der Waals surface area contributed by atoms with Crippen LogP contribution < -0.4 is 11.1 Å². The molecule has 4 nitrogen and oxygen atoms in total. The average Bonchev–Trinajstić information content (AvgIpc) is 2.36. The molecular formula is C11H8Cl2N4S. The van der Waals surface area contributed by atoms with E-state index >= 15 is 0 Å². The molecule has 92 valence electrons. The zero-order valence-electron chi connectivity index (χ0n) is 9.02. The molecule has 7 heteroatoms. The highest BCUT2D eigenvalue weighted by molar-refractivity contribution is 7.80. The van der Waals surface area contributed by atoms with Gasteiger partial charge in [-0.15, -0.1) is 0 Å². The van der Waals surface area contributed by atoms with Gasteiger partial charge in [0.15, 0.2) is 0 Å². The van der Waals surface area contributed by atoms with E-state index < -0.39 is 0 Å². The number of thiocarbonyl (C=S) groups is 1. The zero-order chi connectivity index (χ0) is 13.1. The van der Waals surface area contributed by atoms with E-state index in [4.69, 9.17) is 41.2 Å². The second-order valence-corrected chi connectivity index (χ2v) is 4.60. The maximum absolute atomic E-state index is 6.04. The summed E-state index contributed by atoms with van der Waals surface area (Å²) >= 11 is 16.7. The number of halogens is 2. The number of rotatable bonds is 3. The van der Waals surface area contributed by atoms with Crippen LogP contribution in [0.25, 0.3) is 0 Å². The van der Waals surface area contributed by atoms with Gasteiger partial charge in [-0.3, -0.25) is 0 Å². The molecule has 0 spiro atoms. The summed E-state index contributed by atoms with van der Waals surface area (Å²) in [5.74, 6) is 0.527. The molecule has 18 heavy (non-hydrogen) atoms. The molecule has 2 rings (SSSR count). The minimum Gasteiger partial charge on any atom is -0.388 e. The summed E-state index contributed by atoms with van der Waals surface area (Å²) < 4.78 is 0. The second-order valence-electron chi connectivity index (χ2n) is 3.38. The molecule has 1 aromatic carbocycles. The smallest absolute Gasteiger partial charge is 0.148 e. The average molecular weight is 299 g/mol. The molecule has 2 aromatic rings. The molecule has 0 radical (unpaired) electrons. The van der Waals surface area contributed by atoms with Crippen LogP contribution in [0.1, 0.15) is 5.69 Å². The van der Waals surface area contributed by atoms with Gasteiger partial charge in [0, 0.05) is 0 Å². The van der Waals surface area contributed by atoms with E-state index in [9.17, 15) is 0 Å². The molecule has 0 aliphatic rings. The van der Waals surface area contributed by atoms with Crippen molar-refractivity contribution in [1.29, 1.82) is 0 Å². The van der Waals surface area contributed by atoms with E-state index in [0.29, 0.717) is 27.2 Å². The molecule has 0 bridgehead atoms. The van der Waals surface area contributed by atoms with Gasteiger partial charge >= 0.3 is 0 Å². The summed E-state index contributed by atoms with van der Waals surface area (Å²) in [6, 6.07) is 5.28. The van der Waals surface area contributed by atoms with E-state index in [0.717, 1.165) is 0 Å². The maximum Gasteiger partial charge on any atom is 0.148 e. The van der Waals surface area contributed by atoms with Crippen LogP contribution in [0.4, 0.5) is 11.5 Å². The van der Waals surface area contributed by atoms with Gasteiger partial charge in [-0.1, -0.05) is 41.5 Å². The number of benzene rings is 1. The lowest BCUT2D eigenvalue weighted by molar-refractivity contribution is 1.18. The van der Waals surface area contributed by atoms with Gasteiger partial charge in [0.25, 0.3) is 0 Å². The lowest BCUT2D eigenvalue weighted by atomic mass is 10.3. The number of nitrogens with two attached hydrogens (primary N) is 1. The molecule has 0 atom stereocenters. The monoisotopic (exact) mass is 298 g/mol. The van der Waals surface area contributed by atoms with Crippen LogP contribution in [0, 0.1) is 0 Å². The van der Waals surface area contributed by atoms with Crippen molar-refractivity contribution < 1.29 is 0 Å². The third-order valence-corrected chi connectivity index (χ3v) is 3.15. The fourth-order valence-electron chi connectivity index (χ4n) is 1.26. The summed E-state index contributed by atoms with van der Waals surface area (Å²) in [6.45, 7) is 0. The Morgan fingerprint density at radius 3 is 2.61 bits per heavy atom. The van der Waals surface area contributed by atoms with Crippen molar-refractivity contribution in [3.63, 3.8) is 0 Å². The maximum atomic E-state index is 6.04. The fourth-order valence-corrected chi connectivity index (χ4v) is 1.71. The van der Waals surface area contributed by atoms with Gasteiger partial charge in [0.2, 0.25) is 0 Å². The molecule has 0 amide bonds. The topological polar surface area (TPSA) is 63.8 Å². The van der Waals surface area contributed by atoms with Gasteiger partial charge in [0.05, 0.1) is 28.1 Å². The van der Waals surface area contributed by atoms with Crippen molar-refractivity contribution >= 4 is 51.9 Å². The van der Waals surface area contributed by atoms with E-state index in [1.54, 1.807) is 18.2 Å². The number of hydrogen-bond donors (Lipinski definition) is 2. The minimum absolute atomic E-state index is 0.204. The number of aromatic nitrogens is 2. The van der Waals surface area contributed by atoms with Crippen LogP contribution in [-0.4, -0.2) is 15.0 Å². The summed E-state index contributed by atoms with van der Waals surface area (Å²) in [6.07, 6.45) is 3.01. The van der Waals surface area contributed by atoms with E-state index in [-0.39, 0.29) is 4.99 Å². The Morgan fingerprint density at radius 2 is 2.00 bits per heavy atom. The van der Waals surface area contributed by atoms with Crippen molar-refractivity contribution in [3.8, 4) is 0 Å². The molecule has 3 N–H and O–H groups in total. The molecule has 0 saturated carbocycles. The van der Waals surface area contributed by atoms with Crippen molar-refractivity contribution in [2.24, 2.45) is 5.73 Å². The standard InChI is InChI=1S/C11H8Cl2N4S/c12-6-2-1-3-7(10(6)13)17-9-5-15-8(4-16-9)11(14)18/h1-5H,(H2,14,18)(H,16,17). The Hall–Kier alpha value is -1.43. The number of hydrogen-bond acceptors (Lipinski definition) is 4. The normalized spacial score (nSPS) is 10.1. The molecular weight excluding hydrogens is 291 g/mol. The van der Waals surface area contributed by atoms with Crippen LogP contribution >= 0.6 is 35.4 Å². The molecule has 0 aliphatic carbocycles. The van der Waals surface area contributed by atoms with E-state index in [1.165, 1.54) is 12.4 Å². The summed E-state index contributed by atoms with van der Waals surface area (Å²) in [4.78, 5) is 8.39. The first-order chi connectivity index (χ1) is 8.58. The lowest BCUT2D eigenvalue weighted by Crippen LogP contribution is -2.12. The number of anilines is 2. The predicted molar refractivity (Wildman–Crippen MR) is 77.7 cm³/mol. The Morgan fingerprint density at radius 1 is 1.22 bits per heavy atom. The summed E-state index contributed by atoms with van der Waals surface area (Å²) in [5.41, 5.74) is 6.55. The van der Waals surface area contributed by atoms with Crippen molar-refractivity contribution in [3.05, 3.63) is 46.3 Å². The van der Waals surface area contributed by atoms with Gasteiger partial charge in [-0.2, -0.15) is 0 Å². The minimum atomic E-state index is 0.204. The van der Waals surface area contributed by atoms with Gasteiger partial charge in [-0.05, 0) is 12.1 Å². The van der Waals surface area contributed by atoms with Gasteiger partial charge in [-0.25, -0.2) is 9.97 Å². The largest absolute Gasteiger partial charge is 0.388 e. The van der Waals surface area contributed by atoms with E-state index in [1.807, 2.05) is 0 Å². The SMILES string of the molecule is NC(=S)c1cnc(Nc2cccc(Cl)c2Cl)cn1. The zero-order valence-corrected chi connectivity index (χ0v) is 11.4. The van der Waals surface area contributed by atoms with E-state index in [2.05, 4.69) is 15.3 Å². The first kappa shape index (κ1) is 13.0. The van der Waals surface area contributed by atoms with Crippen molar-refractivity contribution in [2.45, 2.75) is 0 Å². The quantitative estimate of drug-likeness (QED) is 0.852. The molecule has 0 fully saturated rings. The molecule has 1 heterocycles. The Kier molecular flexibility index (Phi) is 3.96. The predicted octanol–water partition coefficient (Wildman–Crippen LogP) is 3.16. The highest BCUT2D eigenvalue weighted by Crippen LogP contribution is 2.30. The van der Waals surface area contributed by atoms with Crippen LogP contribution in [0.5, 0.6) is 0 Å². The highest BCUT2D eigenvalue weighted by atomic mass is 35.5. The fraction of sp³-hybridized carbons (Fsp3) is 0. The van der Waals surface area contributed by atoms with Crippen LogP contribution in [0.2, 0.25) is 10.0 Å². The Balaban J connectivity index is 2.24. The number of nitrogens with one attached hydrogen (secondary N) is 1. The van der Waals surface area contributed by atoms with Crippen molar-refractivity contribution in [2.75, 3.05) is 5.32 Å². The summed E-state index contributed by atoms with van der Waals surface area (Å²) in [7, 11) is 0. The first-order valence-electron chi connectivity index (χ1n) is 4.91. The third kappa shape index (κ3) is 2.87. The highest BCUT2D eigenvalue weighted by Gasteiger charge is 2.06. The molecule has 0 saturated heterocycles. The van der Waals surface area contributed by atoms with Crippen LogP contribution in [0.15, 0.2) is 30.6 Å². The lowest BCUT2D eigenvalue weighted by Gasteiger charge is -2.08. The third-order valence-electron chi connectivity index (χ3n) is 2.12. The second kappa shape index (κ2) is 5.48. The molecule has 0 unspecified atom stereocenters. The van der Waals surface area contributed by atoms with Crippen LogP contribution in [0.3, 0.4) is 0 Å². The van der Waals surface area contributed by atoms with Gasteiger partial charge < -0.3 is 11.1 Å². The van der Waals surface area contributed by atoms with Crippen molar-refractivity contribution in [1.82, 2.24) is 9.97 Å². The first-order valence-corrected chi connectivity index (χ1v) is 6.07. The molecule has 1 aromatic heterocycles. The Labute approximate surface area is 119 Å². The Bertz CT molecular complexity index is 586. The van der Waals surface area contributed by atoms with Crippen LogP contribution in [-0.2, 0) is 0 Å². The summed E-state index contributed by atoms with van der Waals surface area (Å²) in [5, 5.41) is 3.90. The van der Waals surface area contributed by atoms with Gasteiger partial charge in [0.1, 0.15) is 16.5 Å².